The minimum atomic E-state index is -3.20. The van der Waals surface area contributed by atoms with Gasteiger partial charge in [0.1, 0.15) is 18.3 Å². The molecule has 0 saturated carbocycles. The van der Waals surface area contributed by atoms with Crippen LogP contribution in [0.3, 0.4) is 0 Å². The number of hydrogen-bond acceptors (Lipinski definition) is 5. The highest BCUT2D eigenvalue weighted by Crippen LogP contribution is 2.26. The van der Waals surface area contributed by atoms with E-state index in [0.717, 1.165) is 6.20 Å². The maximum Gasteiger partial charge on any atom is 0.301 e. The lowest BCUT2D eigenvalue weighted by Gasteiger charge is -2.20. The van der Waals surface area contributed by atoms with E-state index in [1.807, 2.05) is 0 Å². The van der Waals surface area contributed by atoms with Crippen LogP contribution in [0.15, 0.2) is 6.20 Å². The quantitative estimate of drug-likeness (QED) is 0.474. The van der Waals surface area contributed by atoms with Crippen molar-refractivity contribution in [2.24, 2.45) is 0 Å². The zero-order chi connectivity index (χ0) is 13.2. The predicted octanol–water partition coefficient (Wildman–Crippen LogP) is -0.731. The molecular weight excluding hydrogens is 238 g/mol. The number of halogens is 2. The highest BCUT2D eigenvalue weighted by atomic mass is 19.3. The molecule has 0 aromatic carbocycles. The first kappa shape index (κ1) is 14.0. The van der Waals surface area contributed by atoms with Gasteiger partial charge in [-0.1, -0.05) is 0 Å². The van der Waals surface area contributed by atoms with Crippen LogP contribution in [0.25, 0.3) is 0 Å². The average molecular weight is 252 g/mol. The van der Waals surface area contributed by atoms with Crippen LogP contribution in [0.1, 0.15) is 24.5 Å². The lowest BCUT2D eigenvalue weighted by atomic mass is 10.1. The van der Waals surface area contributed by atoms with Crippen molar-refractivity contribution in [3.63, 3.8) is 0 Å². The number of aromatic nitrogens is 2. The van der Waals surface area contributed by atoms with Crippen molar-refractivity contribution in [2.45, 2.75) is 31.2 Å². The Morgan fingerprint density at radius 1 is 1.41 bits per heavy atom. The molecule has 0 unspecified atom stereocenters. The zero-order valence-electron chi connectivity index (χ0n) is 9.01. The van der Waals surface area contributed by atoms with Gasteiger partial charge in [-0.2, -0.15) is 8.78 Å². The average Bonchev–Trinajstić information content (AvgIpc) is 2.74. The van der Waals surface area contributed by atoms with Gasteiger partial charge >= 0.3 is 5.92 Å². The van der Waals surface area contributed by atoms with E-state index in [-0.39, 0.29) is 5.69 Å². The smallest absolute Gasteiger partial charge is 0.301 e. The van der Waals surface area contributed by atoms with Gasteiger partial charge in [0.2, 0.25) is 0 Å². The molecule has 0 spiro atoms. The highest BCUT2D eigenvalue weighted by molar-refractivity contribution is 5.09. The van der Waals surface area contributed by atoms with E-state index in [2.05, 4.69) is 9.97 Å². The summed E-state index contributed by atoms with van der Waals surface area (Å²) in [6, 6.07) is 0. The van der Waals surface area contributed by atoms with E-state index < -0.39 is 36.7 Å². The Bertz CT molecular complexity index is 366. The summed E-state index contributed by atoms with van der Waals surface area (Å²) in [4.78, 5) is 5.50. The summed E-state index contributed by atoms with van der Waals surface area (Å²) in [5.41, 5.74) is -0.165. The number of imidazole rings is 1. The summed E-state index contributed by atoms with van der Waals surface area (Å²) in [6.45, 7) is -0.135. The molecule has 0 amide bonds. The second kappa shape index (κ2) is 5.05. The highest BCUT2D eigenvalue weighted by Gasteiger charge is 2.31. The van der Waals surface area contributed by atoms with Gasteiger partial charge in [0, 0.05) is 6.92 Å². The fraction of sp³-hybridized carbons (Fsp3) is 0.667. The molecule has 0 saturated heterocycles. The van der Waals surface area contributed by atoms with E-state index in [1.54, 1.807) is 0 Å². The lowest BCUT2D eigenvalue weighted by molar-refractivity contribution is -0.0790. The first-order valence-electron chi connectivity index (χ1n) is 4.85. The first-order chi connectivity index (χ1) is 7.77. The third-order valence-electron chi connectivity index (χ3n) is 2.23. The number of aliphatic hydroxyl groups excluding tert-OH is 4. The molecule has 0 bridgehead atoms. The molecular formula is C9H14F2N2O4. The summed E-state index contributed by atoms with van der Waals surface area (Å²) < 4.78 is 25.7. The SMILES string of the molecule is CC(F)(F)c1ncc([C@@H](O)[C@H](O)[C@H](O)CO)[nH]1. The Hall–Kier alpha value is -1.09. The molecule has 1 rings (SSSR count). The largest absolute Gasteiger partial charge is 0.394 e. The molecule has 0 fully saturated rings. The fourth-order valence-corrected chi connectivity index (χ4v) is 1.21. The molecule has 8 heteroatoms. The van der Waals surface area contributed by atoms with Crippen molar-refractivity contribution < 1.29 is 29.2 Å². The van der Waals surface area contributed by atoms with Crippen LogP contribution in [0, 0.1) is 0 Å². The van der Waals surface area contributed by atoms with E-state index in [0.29, 0.717) is 6.92 Å². The van der Waals surface area contributed by atoms with Crippen LogP contribution < -0.4 is 0 Å². The summed E-state index contributed by atoms with van der Waals surface area (Å²) in [5.74, 6) is -3.85. The number of H-pyrrole nitrogens is 1. The summed E-state index contributed by atoms with van der Waals surface area (Å²) in [6.07, 6.45) is -3.97. The van der Waals surface area contributed by atoms with Crippen LogP contribution in [0.2, 0.25) is 0 Å². The van der Waals surface area contributed by atoms with Gasteiger partial charge in [-0.3, -0.25) is 0 Å². The van der Waals surface area contributed by atoms with Crippen molar-refractivity contribution >= 4 is 0 Å². The molecule has 6 nitrogen and oxygen atoms in total. The Morgan fingerprint density at radius 2 is 2.00 bits per heavy atom. The Morgan fingerprint density at radius 3 is 2.41 bits per heavy atom. The second-order valence-corrected chi connectivity index (χ2v) is 3.76. The van der Waals surface area contributed by atoms with Crippen LogP contribution in [0.4, 0.5) is 8.78 Å². The number of rotatable bonds is 5. The molecule has 0 aliphatic heterocycles. The van der Waals surface area contributed by atoms with Crippen LogP contribution in [0.5, 0.6) is 0 Å². The van der Waals surface area contributed by atoms with E-state index in [9.17, 15) is 19.0 Å². The number of nitrogens with zero attached hydrogens (tertiary/aromatic N) is 1. The van der Waals surface area contributed by atoms with Gasteiger partial charge < -0.3 is 25.4 Å². The third-order valence-corrected chi connectivity index (χ3v) is 2.23. The Kier molecular flexibility index (Phi) is 4.15. The molecule has 0 aliphatic carbocycles. The number of nitrogens with one attached hydrogen (secondary N) is 1. The lowest BCUT2D eigenvalue weighted by Crippen LogP contribution is -2.34. The van der Waals surface area contributed by atoms with Crippen LogP contribution in [-0.4, -0.2) is 49.2 Å². The molecule has 1 heterocycles. The van der Waals surface area contributed by atoms with Crippen molar-refractivity contribution in [1.29, 1.82) is 0 Å². The van der Waals surface area contributed by atoms with Gasteiger partial charge in [0.05, 0.1) is 18.5 Å². The maximum atomic E-state index is 12.8. The van der Waals surface area contributed by atoms with Gasteiger partial charge in [0.15, 0.2) is 5.82 Å². The van der Waals surface area contributed by atoms with Gasteiger partial charge in [-0.25, -0.2) is 4.98 Å². The van der Waals surface area contributed by atoms with Crippen molar-refractivity contribution in [2.75, 3.05) is 6.61 Å². The molecule has 0 aliphatic rings. The van der Waals surface area contributed by atoms with Crippen molar-refractivity contribution in [3.05, 3.63) is 17.7 Å². The maximum absolute atomic E-state index is 12.8. The normalized spacial score (nSPS) is 17.8. The van der Waals surface area contributed by atoms with Crippen LogP contribution >= 0.6 is 0 Å². The molecule has 98 valence electrons. The second-order valence-electron chi connectivity index (χ2n) is 3.76. The molecule has 0 radical (unpaired) electrons. The summed E-state index contributed by atoms with van der Waals surface area (Å²) in [5, 5.41) is 36.5. The number of aromatic amines is 1. The molecule has 17 heavy (non-hydrogen) atoms. The Balaban J connectivity index is 2.83. The number of alkyl halides is 2. The predicted molar refractivity (Wildman–Crippen MR) is 52.2 cm³/mol. The zero-order valence-corrected chi connectivity index (χ0v) is 9.01. The van der Waals surface area contributed by atoms with E-state index in [1.165, 1.54) is 0 Å². The molecule has 3 atom stereocenters. The summed E-state index contributed by atoms with van der Waals surface area (Å²) in [7, 11) is 0. The minimum Gasteiger partial charge on any atom is -0.394 e. The monoisotopic (exact) mass is 252 g/mol. The fourth-order valence-electron chi connectivity index (χ4n) is 1.21. The van der Waals surface area contributed by atoms with Gasteiger partial charge in [-0.05, 0) is 0 Å². The van der Waals surface area contributed by atoms with Crippen molar-refractivity contribution in [1.82, 2.24) is 9.97 Å². The standard InChI is InChI=1S/C9H14F2N2O4/c1-9(10,11)8-12-2-4(13-8)6(16)7(17)5(15)3-14/h2,5-7,14-17H,3H2,1H3,(H,12,13)/t5-,6-,7-/m1/s1. The molecule has 5 N–H and O–H groups in total. The van der Waals surface area contributed by atoms with E-state index >= 15 is 0 Å². The number of hydrogen-bond donors (Lipinski definition) is 5. The molecule has 1 aromatic heterocycles. The van der Waals surface area contributed by atoms with Crippen molar-refractivity contribution in [3.8, 4) is 0 Å². The Labute approximate surface area is 95.6 Å². The van der Waals surface area contributed by atoms with Crippen LogP contribution in [-0.2, 0) is 5.92 Å². The van der Waals surface area contributed by atoms with Gasteiger partial charge in [-0.15, -0.1) is 0 Å². The van der Waals surface area contributed by atoms with Gasteiger partial charge in [0.25, 0.3) is 0 Å². The number of aliphatic hydroxyl groups is 4. The summed E-state index contributed by atoms with van der Waals surface area (Å²) >= 11 is 0. The third kappa shape index (κ3) is 3.19. The topological polar surface area (TPSA) is 110 Å². The minimum absolute atomic E-state index is 0.165. The molecule has 1 aromatic rings. The first-order valence-corrected chi connectivity index (χ1v) is 4.85. The van der Waals surface area contributed by atoms with E-state index in [4.69, 9.17) is 10.2 Å².